The summed E-state index contributed by atoms with van der Waals surface area (Å²) in [6.07, 6.45) is 1.78. The van der Waals surface area contributed by atoms with Gasteiger partial charge in [0.2, 0.25) is 5.91 Å². The number of likely N-dealkylation sites (N-methyl/N-ethyl adjacent to an activating group) is 1. The Balaban J connectivity index is 2.75. The highest BCUT2D eigenvalue weighted by molar-refractivity contribution is 5.93. The molecule has 21 heavy (non-hydrogen) atoms. The zero-order valence-corrected chi connectivity index (χ0v) is 13.9. The lowest BCUT2D eigenvalue weighted by atomic mass is 10.0. The number of aliphatic hydroxyl groups is 1. The van der Waals surface area contributed by atoms with Crippen LogP contribution in [0.25, 0.3) is 0 Å². The summed E-state index contributed by atoms with van der Waals surface area (Å²) in [5.41, 5.74) is 2.47. The average Bonchev–Trinajstić information content (AvgIpc) is 2.36. The van der Waals surface area contributed by atoms with Gasteiger partial charge < -0.3 is 10.4 Å². The van der Waals surface area contributed by atoms with Crippen molar-refractivity contribution in [2.24, 2.45) is 0 Å². The maximum Gasteiger partial charge on any atom is 0.238 e. The summed E-state index contributed by atoms with van der Waals surface area (Å²) in [5, 5.41) is 12.8. The van der Waals surface area contributed by atoms with Gasteiger partial charge in [0.1, 0.15) is 0 Å². The average molecular weight is 292 g/mol. The molecule has 0 radical (unpaired) electrons. The summed E-state index contributed by atoms with van der Waals surface area (Å²) >= 11 is 0. The molecule has 4 heteroatoms. The van der Waals surface area contributed by atoms with E-state index in [4.69, 9.17) is 0 Å². The van der Waals surface area contributed by atoms with Crippen LogP contribution < -0.4 is 5.32 Å². The van der Waals surface area contributed by atoms with Gasteiger partial charge in [-0.3, -0.25) is 9.69 Å². The fraction of sp³-hybridized carbons (Fsp3) is 0.588. The van der Waals surface area contributed by atoms with Gasteiger partial charge in [-0.25, -0.2) is 0 Å². The fourth-order valence-electron chi connectivity index (χ4n) is 2.54. The van der Waals surface area contributed by atoms with Gasteiger partial charge in [0.25, 0.3) is 0 Å². The predicted octanol–water partition coefficient (Wildman–Crippen LogP) is 2.45. The lowest BCUT2D eigenvalue weighted by Crippen LogP contribution is -2.40. The van der Waals surface area contributed by atoms with Gasteiger partial charge in [-0.15, -0.1) is 0 Å². The lowest BCUT2D eigenvalue weighted by molar-refractivity contribution is -0.117. The fourth-order valence-corrected chi connectivity index (χ4v) is 2.54. The Morgan fingerprint density at radius 3 is 2.19 bits per heavy atom. The van der Waals surface area contributed by atoms with Crippen molar-refractivity contribution in [2.75, 3.05) is 25.5 Å². The zero-order valence-electron chi connectivity index (χ0n) is 13.9. The number of rotatable bonds is 7. The van der Waals surface area contributed by atoms with Crippen LogP contribution in [0.2, 0.25) is 0 Å². The molecule has 0 heterocycles. The summed E-state index contributed by atoms with van der Waals surface area (Å²) in [4.78, 5) is 14.0. The minimum absolute atomic E-state index is 0.0441. The van der Waals surface area contributed by atoms with Crippen molar-refractivity contribution >= 4 is 11.6 Å². The van der Waals surface area contributed by atoms with E-state index < -0.39 is 5.60 Å². The smallest absolute Gasteiger partial charge is 0.238 e. The molecule has 2 N–H and O–H groups in total. The van der Waals surface area contributed by atoms with Crippen LogP contribution in [-0.2, 0) is 17.6 Å². The number of aryl methyl sites for hydroxylation is 2. The second kappa shape index (κ2) is 7.57. The highest BCUT2D eigenvalue weighted by Gasteiger charge is 2.18. The van der Waals surface area contributed by atoms with Crippen LogP contribution in [0.15, 0.2) is 18.2 Å². The van der Waals surface area contributed by atoms with E-state index in [1.807, 2.05) is 18.0 Å². The number of benzene rings is 1. The SMILES string of the molecule is CCc1cccc(CC)c1NC(=O)CN(C)CC(C)(C)O. The third kappa shape index (κ3) is 5.86. The van der Waals surface area contributed by atoms with Crippen LogP contribution in [0.3, 0.4) is 0 Å². The molecule has 0 saturated heterocycles. The van der Waals surface area contributed by atoms with E-state index in [1.54, 1.807) is 13.8 Å². The number of hydrogen-bond donors (Lipinski definition) is 2. The first kappa shape index (κ1) is 17.7. The molecule has 118 valence electrons. The number of amides is 1. The Morgan fingerprint density at radius 1 is 1.24 bits per heavy atom. The first-order valence-electron chi connectivity index (χ1n) is 7.58. The summed E-state index contributed by atoms with van der Waals surface area (Å²) in [6, 6.07) is 6.14. The van der Waals surface area contributed by atoms with Gasteiger partial charge >= 0.3 is 0 Å². The van der Waals surface area contributed by atoms with Crippen LogP contribution in [0.4, 0.5) is 5.69 Å². The van der Waals surface area contributed by atoms with Crippen molar-refractivity contribution < 1.29 is 9.90 Å². The number of carbonyl (C=O) groups is 1. The molecule has 1 aromatic rings. The maximum atomic E-state index is 12.2. The molecule has 0 fully saturated rings. The number of carbonyl (C=O) groups excluding carboxylic acids is 1. The predicted molar refractivity (Wildman–Crippen MR) is 87.6 cm³/mol. The standard InChI is InChI=1S/C17H28N2O2/c1-6-13-9-8-10-14(7-2)16(13)18-15(20)11-19(5)12-17(3,4)21/h8-10,21H,6-7,11-12H2,1-5H3,(H,18,20). The Hall–Kier alpha value is -1.39. The molecular weight excluding hydrogens is 264 g/mol. The Morgan fingerprint density at radius 2 is 1.76 bits per heavy atom. The minimum atomic E-state index is -0.801. The van der Waals surface area contributed by atoms with Crippen molar-refractivity contribution in [3.8, 4) is 0 Å². The Kier molecular flexibility index (Phi) is 6.37. The summed E-state index contributed by atoms with van der Waals surface area (Å²) in [7, 11) is 1.84. The van der Waals surface area contributed by atoms with Crippen LogP contribution >= 0.6 is 0 Å². The highest BCUT2D eigenvalue weighted by atomic mass is 16.3. The summed E-state index contributed by atoms with van der Waals surface area (Å²) in [5.74, 6) is -0.0441. The molecule has 0 aliphatic carbocycles. The van der Waals surface area contributed by atoms with E-state index in [0.29, 0.717) is 6.54 Å². The number of anilines is 1. The minimum Gasteiger partial charge on any atom is -0.389 e. The first-order valence-corrected chi connectivity index (χ1v) is 7.58. The molecule has 0 aliphatic heterocycles. The second-order valence-electron chi connectivity index (χ2n) is 6.19. The third-order valence-electron chi connectivity index (χ3n) is 3.33. The van der Waals surface area contributed by atoms with E-state index in [2.05, 4.69) is 31.3 Å². The highest BCUT2D eigenvalue weighted by Crippen LogP contribution is 2.22. The van der Waals surface area contributed by atoms with Crippen molar-refractivity contribution in [3.63, 3.8) is 0 Å². The van der Waals surface area contributed by atoms with E-state index in [-0.39, 0.29) is 12.5 Å². The number of nitrogens with zero attached hydrogens (tertiary/aromatic N) is 1. The molecule has 1 rings (SSSR count). The largest absolute Gasteiger partial charge is 0.389 e. The van der Waals surface area contributed by atoms with Gasteiger partial charge in [0.05, 0.1) is 12.1 Å². The summed E-state index contributed by atoms with van der Waals surface area (Å²) < 4.78 is 0. The number of para-hydroxylation sites is 1. The van der Waals surface area contributed by atoms with Crippen molar-refractivity contribution in [1.82, 2.24) is 4.90 Å². The van der Waals surface area contributed by atoms with Gasteiger partial charge in [0, 0.05) is 12.2 Å². The summed E-state index contributed by atoms with van der Waals surface area (Å²) in [6.45, 7) is 8.38. The van der Waals surface area contributed by atoms with Crippen LogP contribution in [-0.4, -0.2) is 41.7 Å². The molecule has 0 bridgehead atoms. The van der Waals surface area contributed by atoms with Crippen LogP contribution in [0, 0.1) is 0 Å². The molecule has 0 spiro atoms. The number of hydrogen-bond acceptors (Lipinski definition) is 3. The molecule has 0 unspecified atom stereocenters. The second-order valence-corrected chi connectivity index (χ2v) is 6.19. The normalized spacial score (nSPS) is 11.8. The molecule has 1 amide bonds. The first-order chi connectivity index (χ1) is 9.76. The van der Waals surface area contributed by atoms with E-state index in [1.165, 1.54) is 0 Å². The van der Waals surface area contributed by atoms with Crippen molar-refractivity contribution in [1.29, 1.82) is 0 Å². The Labute approximate surface area is 128 Å². The van der Waals surface area contributed by atoms with Crippen molar-refractivity contribution in [2.45, 2.75) is 46.1 Å². The monoisotopic (exact) mass is 292 g/mol. The third-order valence-corrected chi connectivity index (χ3v) is 3.33. The van der Waals surface area contributed by atoms with Crippen LogP contribution in [0.5, 0.6) is 0 Å². The van der Waals surface area contributed by atoms with E-state index >= 15 is 0 Å². The molecule has 0 atom stereocenters. The molecule has 0 aliphatic rings. The van der Waals surface area contributed by atoms with Crippen molar-refractivity contribution in [3.05, 3.63) is 29.3 Å². The molecular formula is C17H28N2O2. The van der Waals surface area contributed by atoms with E-state index in [9.17, 15) is 9.90 Å². The molecule has 1 aromatic carbocycles. The molecule has 4 nitrogen and oxygen atoms in total. The molecule has 0 aromatic heterocycles. The van der Waals surface area contributed by atoms with Gasteiger partial charge in [-0.2, -0.15) is 0 Å². The Bertz CT molecular complexity index is 456. The van der Waals surface area contributed by atoms with Gasteiger partial charge in [-0.05, 0) is 44.9 Å². The lowest BCUT2D eigenvalue weighted by Gasteiger charge is -2.25. The van der Waals surface area contributed by atoms with Gasteiger partial charge in [0.15, 0.2) is 0 Å². The topological polar surface area (TPSA) is 52.6 Å². The van der Waals surface area contributed by atoms with Gasteiger partial charge in [-0.1, -0.05) is 32.0 Å². The maximum absolute atomic E-state index is 12.2. The number of nitrogens with one attached hydrogen (secondary N) is 1. The van der Waals surface area contributed by atoms with E-state index in [0.717, 1.165) is 29.7 Å². The quantitative estimate of drug-likeness (QED) is 0.811. The van der Waals surface area contributed by atoms with Crippen LogP contribution in [0.1, 0.15) is 38.8 Å². The zero-order chi connectivity index (χ0) is 16.0. The molecule has 0 saturated carbocycles.